The van der Waals surface area contributed by atoms with Crippen LogP contribution < -0.4 is 15.5 Å². The molecule has 0 spiro atoms. The van der Waals surface area contributed by atoms with Crippen LogP contribution in [0.4, 0.5) is 5.69 Å². The number of benzene rings is 1. The van der Waals surface area contributed by atoms with E-state index in [-0.39, 0.29) is 11.2 Å². The number of hydrogen-bond donors (Lipinski definition) is 1. The summed E-state index contributed by atoms with van der Waals surface area (Å²) in [6, 6.07) is 6.36. The van der Waals surface area contributed by atoms with E-state index in [1.54, 1.807) is 12.1 Å². The van der Waals surface area contributed by atoms with Crippen molar-refractivity contribution in [2.75, 3.05) is 0 Å². The van der Waals surface area contributed by atoms with Gasteiger partial charge in [-0.25, -0.2) is 4.68 Å². The second-order valence-corrected chi connectivity index (χ2v) is 3.50. The maximum absolute atomic E-state index is 10.5. The fraction of sp³-hybridized carbons (Fsp3) is 0.200. The van der Waals surface area contributed by atoms with Crippen molar-refractivity contribution >= 4 is 5.69 Å². The largest absolute Gasteiger partial charge is 0.487 e. The average Bonchev–Trinajstić information content (AvgIpc) is 2.73. The number of aryl methyl sites for hydroxylation is 2. The summed E-state index contributed by atoms with van der Waals surface area (Å²) in [6.07, 6.45) is 2.15. The summed E-state index contributed by atoms with van der Waals surface area (Å²) in [5, 5.41) is 21.2. The summed E-state index contributed by atoms with van der Waals surface area (Å²) in [4.78, 5) is 10.0. The van der Waals surface area contributed by atoms with Gasteiger partial charge in [-0.2, -0.15) is 0 Å². The molecule has 17 heavy (non-hydrogen) atoms. The lowest BCUT2D eigenvalue weighted by molar-refractivity contribution is -0.767. The Morgan fingerprint density at radius 1 is 1.41 bits per heavy atom. The van der Waals surface area contributed by atoms with Crippen molar-refractivity contribution in [3.05, 3.63) is 51.7 Å². The number of nitro groups is 1. The van der Waals surface area contributed by atoms with Crippen molar-refractivity contribution in [3.8, 4) is 0 Å². The van der Waals surface area contributed by atoms with Crippen molar-refractivity contribution < 1.29 is 14.1 Å². The molecule has 0 radical (unpaired) electrons. The summed E-state index contributed by atoms with van der Waals surface area (Å²) >= 11 is 0. The minimum atomic E-state index is -0.428. The highest BCUT2D eigenvalue weighted by molar-refractivity contribution is 5.32. The van der Waals surface area contributed by atoms with E-state index in [4.69, 9.17) is 5.41 Å². The molecule has 88 valence electrons. The Bertz CT molecular complexity index is 570. The van der Waals surface area contributed by atoms with Gasteiger partial charge in [-0.1, -0.05) is 12.1 Å². The highest BCUT2D eigenvalue weighted by Gasteiger charge is 2.04. The van der Waals surface area contributed by atoms with Crippen molar-refractivity contribution in [2.24, 2.45) is 0 Å². The van der Waals surface area contributed by atoms with E-state index < -0.39 is 4.92 Å². The maximum Gasteiger partial charge on any atom is 0.269 e. The summed E-state index contributed by atoms with van der Waals surface area (Å²) in [6.45, 7) is 0.570. The summed E-state index contributed by atoms with van der Waals surface area (Å²) in [5.41, 5.74) is 1.06. The molecule has 7 nitrogen and oxygen atoms in total. The topological polar surface area (TPSA) is 98.1 Å². The minimum Gasteiger partial charge on any atom is -0.487 e. The molecule has 1 N–H and O–H groups in total. The molecule has 0 bridgehead atoms. The molecule has 1 heterocycles. The van der Waals surface area contributed by atoms with Gasteiger partial charge in [0.1, 0.15) is 6.54 Å². The fourth-order valence-corrected chi connectivity index (χ4v) is 1.41. The first-order valence-electron chi connectivity index (χ1n) is 4.96. The molecule has 2 aromatic rings. The SMILES string of the molecule is N=c1c[n+](CCc2ccc([N+](=O)[O-])cc2)[n-]o1. The van der Waals surface area contributed by atoms with Gasteiger partial charge in [0.2, 0.25) is 6.20 Å². The molecular formula is C10H10N4O3. The molecule has 7 heteroatoms. The van der Waals surface area contributed by atoms with Gasteiger partial charge in [0.15, 0.2) is 0 Å². The fourth-order valence-electron chi connectivity index (χ4n) is 1.41. The first-order chi connectivity index (χ1) is 8.15. The van der Waals surface area contributed by atoms with Crippen LogP contribution in [0.1, 0.15) is 5.56 Å². The second kappa shape index (κ2) is 4.60. The third kappa shape index (κ3) is 2.77. The number of nitrogens with one attached hydrogen (secondary N) is 1. The highest BCUT2D eigenvalue weighted by atomic mass is 16.6. The minimum absolute atomic E-state index is 0.00806. The average molecular weight is 234 g/mol. The van der Waals surface area contributed by atoms with Crippen molar-refractivity contribution in [2.45, 2.75) is 13.0 Å². The van der Waals surface area contributed by atoms with Crippen LogP contribution in [-0.2, 0) is 13.0 Å². The lowest BCUT2D eigenvalue weighted by Gasteiger charge is -1.99. The van der Waals surface area contributed by atoms with E-state index in [0.29, 0.717) is 13.0 Å². The Hall–Kier alpha value is -2.44. The van der Waals surface area contributed by atoms with E-state index in [1.807, 2.05) is 0 Å². The van der Waals surface area contributed by atoms with Crippen molar-refractivity contribution in [1.82, 2.24) is 5.27 Å². The van der Waals surface area contributed by atoms with E-state index in [1.165, 1.54) is 23.0 Å². The molecule has 1 aromatic carbocycles. The molecule has 0 atom stereocenters. The van der Waals surface area contributed by atoms with Crippen molar-refractivity contribution in [1.29, 1.82) is 5.41 Å². The van der Waals surface area contributed by atoms with Gasteiger partial charge >= 0.3 is 0 Å². The van der Waals surface area contributed by atoms with Gasteiger partial charge in [-0.3, -0.25) is 20.8 Å². The van der Waals surface area contributed by atoms with Crippen molar-refractivity contribution in [3.63, 3.8) is 0 Å². The van der Waals surface area contributed by atoms with Crippen LogP contribution in [0.15, 0.2) is 35.0 Å². The molecule has 0 aliphatic carbocycles. The first-order valence-corrected chi connectivity index (χ1v) is 4.96. The number of aromatic nitrogens is 2. The quantitative estimate of drug-likeness (QED) is 0.462. The third-order valence-corrected chi connectivity index (χ3v) is 2.29. The Labute approximate surface area is 95.9 Å². The normalized spacial score (nSPS) is 10.4. The number of rotatable bonds is 4. The lowest BCUT2D eigenvalue weighted by atomic mass is 10.1. The van der Waals surface area contributed by atoms with Gasteiger partial charge in [0.05, 0.1) is 4.92 Å². The summed E-state index contributed by atoms with van der Waals surface area (Å²) in [7, 11) is 0. The molecule has 0 aliphatic rings. The van der Waals surface area contributed by atoms with Crippen LogP contribution in [-0.4, -0.2) is 4.92 Å². The number of hydrogen-bond acceptors (Lipinski definition) is 4. The van der Waals surface area contributed by atoms with Gasteiger partial charge in [-0.05, 0) is 5.56 Å². The molecule has 0 saturated heterocycles. The standard InChI is InChI=1S/C10H10N4O3/c11-10-7-13(12-17-10)6-5-8-1-3-9(4-2-8)14(15)16/h1-4,7,11H,5-6H2. The van der Waals surface area contributed by atoms with E-state index in [0.717, 1.165) is 5.56 Å². The van der Waals surface area contributed by atoms with E-state index in [2.05, 4.69) is 9.79 Å². The van der Waals surface area contributed by atoms with Crippen LogP contribution in [0.2, 0.25) is 0 Å². The summed E-state index contributed by atoms with van der Waals surface area (Å²) < 4.78 is 6.11. The van der Waals surface area contributed by atoms with Crippen LogP contribution in [0.25, 0.3) is 0 Å². The zero-order chi connectivity index (χ0) is 12.3. The Morgan fingerprint density at radius 3 is 2.65 bits per heavy atom. The third-order valence-electron chi connectivity index (χ3n) is 2.29. The number of non-ortho nitro benzene ring substituents is 1. The van der Waals surface area contributed by atoms with Gasteiger partial charge in [0.25, 0.3) is 11.2 Å². The first kappa shape index (κ1) is 11.1. The molecular weight excluding hydrogens is 224 g/mol. The Morgan fingerprint density at radius 2 is 2.12 bits per heavy atom. The zero-order valence-electron chi connectivity index (χ0n) is 8.87. The highest BCUT2D eigenvalue weighted by Crippen LogP contribution is 2.11. The van der Waals surface area contributed by atoms with Gasteiger partial charge in [-0.15, -0.1) is 0 Å². The van der Waals surface area contributed by atoms with Crippen LogP contribution in [0.5, 0.6) is 0 Å². The Kier molecular flexibility index (Phi) is 2.99. The molecule has 2 rings (SSSR count). The molecule has 0 fully saturated rings. The maximum atomic E-state index is 10.5. The molecule has 1 aromatic heterocycles. The van der Waals surface area contributed by atoms with Gasteiger partial charge < -0.3 is 4.52 Å². The number of nitro benzene ring substituents is 1. The number of nitrogens with zero attached hydrogens (tertiary/aromatic N) is 3. The van der Waals surface area contributed by atoms with E-state index in [9.17, 15) is 10.1 Å². The second-order valence-electron chi connectivity index (χ2n) is 3.50. The smallest absolute Gasteiger partial charge is 0.269 e. The molecule has 0 aliphatic heterocycles. The molecule has 0 unspecified atom stereocenters. The van der Waals surface area contributed by atoms with Crippen LogP contribution in [0.3, 0.4) is 0 Å². The zero-order valence-corrected chi connectivity index (χ0v) is 8.87. The van der Waals surface area contributed by atoms with E-state index >= 15 is 0 Å². The molecule has 0 amide bonds. The Balaban J connectivity index is 2.00. The predicted octanol–water partition coefficient (Wildman–Crippen LogP) is 0.155. The molecule has 0 saturated carbocycles. The lowest BCUT2D eigenvalue weighted by Crippen LogP contribution is -2.38. The van der Waals surface area contributed by atoms with Crippen LogP contribution in [0, 0.1) is 15.5 Å². The van der Waals surface area contributed by atoms with Crippen LogP contribution >= 0.6 is 0 Å². The monoisotopic (exact) mass is 234 g/mol. The van der Waals surface area contributed by atoms with Gasteiger partial charge in [0, 0.05) is 18.6 Å². The predicted molar refractivity (Wildman–Crippen MR) is 54.9 cm³/mol. The summed E-state index contributed by atoms with van der Waals surface area (Å²) in [5.74, 6) is 0.